The SMILES string of the molecule is CS(=O)(=O)c1ccc(Oc2ccccc2O)c(Cl)c1. The Morgan fingerprint density at radius 1 is 1.11 bits per heavy atom. The van der Waals surface area contributed by atoms with Gasteiger partial charge in [-0.05, 0) is 30.3 Å². The summed E-state index contributed by atoms with van der Waals surface area (Å²) < 4.78 is 28.2. The molecule has 2 aromatic carbocycles. The normalized spacial score (nSPS) is 11.3. The predicted octanol–water partition coefficient (Wildman–Crippen LogP) is 3.24. The molecule has 0 amide bonds. The molecule has 0 unspecified atom stereocenters. The maximum atomic E-state index is 11.4. The van der Waals surface area contributed by atoms with E-state index in [1.807, 2.05) is 0 Å². The van der Waals surface area contributed by atoms with E-state index < -0.39 is 9.84 Å². The van der Waals surface area contributed by atoms with Gasteiger partial charge < -0.3 is 9.84 Å². The fraction of sp³-hybridized carbons (Fsp3) is 0.0769. The second-order valence-corrected chi connectivity index (χ2v) is 6.36. The molecule has 2 rings (SSSR count). The molecule has 4 nitrogen and oxygen atoms in total. The molecule has 0 saturated carbocycles. The van der Waals surface area contributed by atoms with Crippen molar-refractivity contribution in [3.63, 3.8) is 0 Å². The lowest BCUT2D eigenvalue weighted by molar-refractivity contribution is 0.411. The van der Waals surface area contributed by atoms with E-state index in [2.05, 4.69) is 0 Å². The Labute approximate surface area is 116 Å². The van der Waals surface area contributed by atoms with E-state index in [0.29, 0.717) is 0 Å². The van der Waals surface area contributed by atoms with Crippen LogP contribution < -0.4 is 4.74 Å². The molecule has 0 spiro atoms. The Bertz CT molecular complexity index is 710. The Hall–Kier alpha value is -1.72. The Morgan fingerprint density at radius 2 is 1.79 bits per heavy atom. The molecule has 0 radical (unpaired) electrons. The molecule has 0 aromatic heterocycles. The zero-order valence-electron chi connectivity index (χ0n) is 10.00. The topological polar surface area (TPSA) is 63.6 Å². The Balaban J connectivity index is 2.36. The molecule has 100 valence electrons. The highest BCUT2D eigenvalue weighted by molar-refractivity contribution is 7.90. The molecule has 19 heavy (non-hydrogen) atoms. The summed E-state index contributed by atoms with van der Waals surface area (Å²) in [5.41, 5.74) is 0. The molecule has 0 aliphatic heterocycles. The number of hydrogen-bond donors (Lipinski definition) is 1. The summed E-state index contributed by atoms with van der Waals surface area (Å²) in [6.07, 6.45) is 1.10. The first-order chi connectivity index (χ1) is 8.88. The van der Waals surface area contributed by atoms with Crippen LogP contribution in [0.4, 0.5) is 0 Å². The molecule has 0 atom stereocenters. The summed E-state index contributed by atoms with van der Waals surface area (Å²) in [5.74, 6) is 0.498. The van der Waals surface area contributed by atoms with Crippen molar-refractivity contribution in [2.45, 2.75) is 4.90 Å². The predicted molar refractivity (Wildman–Crippen MR) is 72.7 cm³/mol. The third kappa shape index (κ3) is 3.19. The number of benzene rings is 2. The zero-order valence-corrected chi connectivity index (χ0v) is 11.6. The van der Waals surface area contributed by atoms with E-state index in [-0.39, 0.29) is 27.2 Å². The van der Waals surface area contributed by atoms with Gasteiger partial charge in [0, 0.05) is 6.26 Å². The number of sulfone groups is 1. The summed E-state index contributed by atoms with van der Waals surface area (Å²) in [6.45, 7) is 0. The Kier molecular flexibility index (Phi) is 3.68. The minimum atomic E-state index is -3.31. The third-order valence-electron chi connectivity index (χ3n) is 2.42. The average molecular weight is 299 g/mol. The van der Waals surface area contributed by atoms with Crippen LogP contribution in [0.3, 0.4) is 0 Å². The lowest BCUT2D eigenvalue weighted by Gasteiger charge is -2.09. The highest BCUT2D eigenvalue weighted by atomic mass is 35.5. The number of rotatable bonds is 3. The molecule has 0 heterocycles. The molecular formula is C13H11ClO4S. The number of para-hydroxylation sites is 2. The van der Waals surface area contributed by atoms with Gasteiger partial charge in [0.25, 0.3) is 0 Å². The van der Waals surface area contributed by atoms with E-state index >= 15 is 0 Å². The van der Waals surface area contributed by atoms with Gasteiger partial charge in [-0.25, -0.2) is 8.42 Å². The molecule has 2 aromatic rings. The van der Waals surface area contributed by atoms with Crippen LogP contribution in [-0.2, 0) is 9.84 Å². The van der Waals surface area contributed by atoms with Gasteiger partial charge in [-0.3, -0.25) is 0 Å². The van der Waals surface area contributed by atoms with Gasteiger partial charge >= 0.3 is 0 Å². The van der Waals surface area contributed by atoms with Gasteiger partial charge in [-0.2, -0.15) is 0 Å². The van der Waals surface area contributed by atoms with Crippen LogP contribution in [0.5, 0.6) is 17.2 Å². The maximum Gasteiger partial charge on any atom is 0.175 e. The Morgan fingerprint density at radius 3 is 2.37 bits per heavy atom. The van der Waals surface area contributed by atoms with Gasteiger partial charge in [0.2, 0.25) is 0 Å². The van der Waals surface area contributed by atoms with Gasteiger partial charge in [-0.15, -0.1) is 0 Å². The second kappa shape index (κ2) is 5.11. The van der Waals surface area contributed by atoms with E-state index in [4.69, 9.17) is 16.3 Å². The summed E-state index contributed by atoms with van der Waals surface area (Å²) in [4.78, 5) is 0.113. The molecule has 0 saturated heterocycles. The monoisotopic (exact) mass is 298 g/mol. The number of phenolic OH excluding ortho intramolecular Hbond substituents is 1. The highest BCUT2D eigenvalue weighted by Gasteiger charge is 2.12. The first kappa shape index (κ1) is 13.7. The number of phenols is 1. The van der Waals surface area contributed by atoms with Crippen molar-refractivity contribution in [1.82, 2.24) is 0 Å². The lowest BCUT2D eigenvalue weighted by atomic mass is 10.3. The van der Waals surface area contributed by atoms with Crippen molar-refractivity contribution in [1.29, 1.82) is 0 Å². The fourth-order valence-electron chi connectivity index (χ4n) is 1.46. The molecule has 6 heteroatoms. The first-order valence-electron chi connectivity index (χ1n) is 5.33. The van der Waals surface area contributed by atoms with Crippen molar-refractivity contribution in [2.75, 3.05) is 6.26 Å². The minimum absolute atomic E-state index is 0.0224. The van der Waals surface area contributed by atoms with Crippen LogP contribution in [0.25, 0.3) is 0 Å². The largest absolute Gasteiger partial charge is 0.504 e. The van der Waals surface area contributed by atoms with E-state index in [9.17, 15) is 13.5 Å². The van der Waals surface area contributed by atoms with Gasteiger partial charge in [-0.1, -0.05) is 23.7 Å². The standard InChI is InChI=1S/C13H11ClO4S/c1-19(16,17)9-6-7-12(10(14)8-9)18-13-5-3-2-4-11(13)15/h2-8,15H,1H3. The third-order valence-corrected chi connectivity index (χ3v) is 3.82. The molecule has 0 aliphatic carbocycles. The van der Waals surface area contributed by atoms with Crippen LogP contribution in [0.15, 0.2) is 47.4 Å². The van der Waals surface area contributed by atoms with Gasteiger partial charge in [0.15, 0.2) is 21.3 Å². The maximum absolute atomic E-state index is 11.4. The number of aromatic hydroxyl groups is 1. The molecule has 0 bridgehead atoms. The van der Waals surface area contributed by atoms with Crippen LogP contribution >= 0.6 is 11.6 Å². The number of hydrogen-bond acceptors (Lipinski definition) is 4. The van der Waals surface area contributed by atoms with E-state index in [0.717, 1.165) is 6.26 Å². The minimum Gasteiger partial charge on any atom is -0.504 e. The molecule has 1 N–H and O–H groups in total. The molecule has 0 fully saturated rings. The zero-order chi connectivity index (χ0) is 14.0. The van der Waals surface area contributed by atoms with Crippen LogP contribution in [0, 0.1) is 0 Å². The second-order valence-electron chi connectivity index (χ2n) is 3.93. The van der Waals surface area contributed by atoms with Crippen molar-refractivity contribution >= 4 is 21.4 Å². The summed E-state index contributed by atoms with van der Waals surface area (Å²) in [6, 6.07) is 10.6. The van der Waals surface area contributed by atoms with E-state index in [1.54, 1.807) is 18.2 Å². The van der Waals surface area contributed by atoms with E-state index in [1.165, 1.54) is 24.3 Å². The van der Waals surface area contributed by atoms with Gasteiger partial charge in [0.1, 0.15) is 5.75 Å². The highest BCUT2D eigenvalue weighted by Crippen LogP contribution is 2.35. The van der Waals surface area contributed by atoms with Crippen molar-refractivity contribution in [2.24, 2.45) is 0 Å². The van der Waals surface area contributed by atoms with Crippen molar-refractivity contribution in [3.05, 3.63) is 47.5 Å². The summed E-state index contributed by atoms with van der Waals surface area (Å²) >= 11 is 5.97. The molecule has 0 aliphatic rings. The van der Waals surface area contributed by atoms with Crippen LogP contribution in [-0.4, -0.2) is 19.8 Å². The van der Waals surface area contributed by atoms with Crippen molar-refractivity contribution < 1.29 is 18.3 Å². The summed E-state index contributed by atoms with van der Waals surface area (Å²) in [5, 5.41) is 9.74. The number of halogens is 1. The van der Waals surface area contributed by atoms with Crippen molar-refractivity contribution in [3.8, 4) is 17.2 Å². The fourth-order valence-corrected chi connectivity index (χ4v) is 2.39. The average Bonchev–Trinajstić information content (AvgIpc) is 2.33. The number of ether oxygens (including phenoxy) is 1. The van der Waals surface area contributed by atoms with Gasteiger partial charge in [0.05, 0.1) is 9.92 Å². The molecular weight excluding hydrogens is 288 g/mol. The first-order valence-corrected chi connectivity index (χ1v) is 7.60. The summed E-state index contributed by atoms with van der Waals surface area (Å²) in [7, 11) is -3.31. The lowest BCUT2D eigenvalue weighted by Crippen LogP contribution is -1.97. The smallest absolute Gasteiger partial charge is 0.175 e. The van der Waals surface area contributed by atoms with Crippen LogP contribution in [0.2, 0.25) is 5.02 Å². The van der Waals surface area contributed by atoms with Crippen LogP contribution in [0.1, 0.15) is 0 Å². The quantitative estimate of drug-likeness (QED) is 0.945.